The maximum absolute atomic E-state index is 5.73. The van der Waals surface area contributed by atoms with E-state index in [9.17, 15) is 0 Å². The van der Waals surface area contributed by atoms with Crippen LogP contribution >= 0.6 is 11.6 Å². The molecule has 17 heavy (non-hydrogen) atoms. The minimum atomic E-state index is 0.796. The molecule has 0 unspecified atom stereocenters. The number of halogens is 1. The second-order valence-electron chi connectivity index (χ2n) is 5.02. The molecule has 2 heteroatoms. The molecule has 1 aromatic rings. The van der Waals surface area contributed by atoms with Crippen molar-refractivity contribution in [3.63, 3.8) is 0 Å². The number of nitrogens with zero attached hydrogens (tertiary/aromatic N) is 1. The van der Waals surface area contributed by atoms with Crippen LogP contribution in [0, 0.1) is 5.92 Å². The second-order valence-corrected chi connectivity index (χ2v) is 5.40. The van der Waals surface area contributed by atoms with Crippen molar-refractivity contribution >= 4 is 11.6 Å². The molecule has 0 saturated carbocycles. The van der Waals surface area contributed by atoms with E-state index < -0.39 is 0 Å². The Bertz CT molecular complexity index is 304. The van der Waals surface area contributed by atoms with Crippen molar-refractivity contribution in [3.8, 4) is 0 Å². The van der Waals surface area contributed by atoms with Gasteiger partial charge in [0.15, 0.2) is 0 Å². The normalized spacial score (nSPS) is 18.4. The number of benzene rings is 1. The molecule has 0 spiro atoms. The number of rotatable bonds is 5. The van der Waals surface area contributed by atoms with Crippen molar-refractivity contribution < 1.29 is 0 Å². The summed E-state index contributed by atoms with van der Waals surface area (Å²) in [6.45, 7) is 3.70. The number of likely N-dealkylation sites (tertiary alicyclic amines) is 1. The highest BCUT2D eigenvalue weighted by molar-refractivity contribution is 6.17. The van der Waals surface area contributed by atoms with Crippen LogP contribution in [0.5, 0.6) is 0 Å². The van der Waals surface area contributed by atoms with E-state index in [0.717, 1.165) is 18.2 Å². The fourth-order valence-corrected chi connectivity index (χ4v) is 2.76. The summed E-state index contributed by atoms with van der Waals surface area (Å²) in [6.07, 6.45) is 5.07. The molecule has 0 radical (unpaired) electrons. The molecule has 2 rings (SSSR count). The minimum Gasteiger partial charge on any atom is -0.303 e. The van der Waals surface area contributed by atoms with Crippen molar-refractivity contribution in [1.82, 2.24) is 4.90 Å². The minimum absolute atomic E-state index is 0.796. The van der Waals surface area contributed by atoms with E-state index in [4.69, 9.17) is 11.6 Å². The van der Waals surface area contributed by atoms with Crippen LogP contribution < -0.4 is 0 Å². The Morgan fingerprint density at radius 1 is 1.12 bits per heavy atom. The van der Waals surface area contributed by atoms with E-state index in [1.165, 1.54) is 44.5 Å². The predicted molar refractivity (Wildman–Crippen MR) is 74.6 cm³/mol. The number of hydrogen-bond acceptors (Lipinski definition) is 1. The van der Waals surface area contributed by atoms with Gasteiger partial charge >= 0.3 is 0 Å². The summed E-state index contributed by atoms with van der Waals surface area (Å²) in [5, 5.41) is 0. The summed E-state index contributed by atoms with van der Waals surface area (Å²) in [5.74, 6) is 1.67. The first-order valence-electron chi connectivity index (χ1n) is 6.70. The highest BCUT2D eigenvalue weighted by atomic mass is 35.5. The molecular weight excluding hydrogens is 230 g/mol. The first-order chi connectivity index (χ1) is 8.38. The van der Waals surface area contributed by atoms with Gasteiger partial charge in [-0.25, -0.2) is 0 Å². The quantitative estimate of drug-likeness (QED) is 0.724. The zero-order valence-electron chi connectivity index (χ0n) is 10.4. The van der Waals surface area contributed by atoms with Crippen LogP contribution in [0.4, 0.5) is 0 Å². The highest BCUT2D eigenvalue weighted by Gasteiger charge is 2.18. The molecule has 0 aromatic heterocycles. The van der Waals surface area contributed by atoms with E-state index >= 15 is 0 Å². The molecule has 1 aliphatic rings. The number of hydrogen-bond donors (Lipinski definition) is 0. The third-order valence-corrected chi connectivity index (χ3v) is 3.95. The zero-order chi connectivity index (χ0) is 11.9. The summed E-state index contributed by atoms with van der Waals surface area (Å²) in [4.78, 5) is 2.56. The average molecular weight is 252 g/mol. The van der Waals surface area contributed by atoms with Crippen LogP contribution in [0.15, 0.2) is 30.3 Å². The second kappa shape index (κ2) is 7.03. The van der Waals surface area contributed by atoms with Gasteiger partial charge < -0.3 is 4.90 Å². The number of piperidine rings is 1. The molecule has 0 amide bonds. The lowest BCUT2D eigenvalue weighted by Crippen LogP contribution is -2.35. The molecule has 0 aliphatic carbocycles. The molecule has 0 atom stereocenters. The Morgan fingerprint density at radius 3 is 2.47 bits per heavy atom. The maximum atomic E-state index is 5.73. The van der Waals surface area contributed by atoms with Crippen LogP contribution in [0.1, 0.15) is 24.8 Å². The molecule has 1 heterocycles. The van der Waals surface area contributed by atoms with Crippen molar-refractivity contribution in [3.05, 3.63) is 35.9 Å². The molecule has 1 nitrogen and oxygen atoms in total. The summed E-state index contributed by atoms with van der Waals surface area (Å²) in [5.41, 5.74) is 1.49. The van der Waals surface area contributed by atoms with Gasteiger partial charge in [0.2, 0.25) is 0 Å². The van der Waals surface area contributed by atoms with Gasteiger partial charge in [-0.05, 0) is 56.8 Å². The van der Waals surface area contributed by atoms with E-state index in [0.29, 0.717) is 0 Å². The summed E-state index contributed by atoms with van der Waals surface area (Å²) in [6, 6.07) is 10.9. The van der Waals surface area contributed by atoms with Crippen molar-refractivity contribution in [1.29, 1.82) is 0 Å². The van der Waals surface area contributed by atoms with E-state index in [1.54, 1.807) is 0 Å². The highest BCUT2D eigenvalue weighted by Crippen LogP contribution is 2.21. The van der Waals surface area contributed by atoms with Gasteiger partial charge in [-0.1, -0.05) is 30.3 Å². The van der Waals surface area contributed by atoms with Gasteiger partial charge in [-0.3, -0.25) is 0 Å². The molecular formula is C15H22ClN. The van der Waals surface area contributed by atoms with Crippen LogP contribution in [-0.2, 0) is 6.42 Å². The monoisotopic (exact) mass is 251 g/mol. The van der Waals surface area contributed by atoms with Crippen LogP contribution in [0.2, 0.25) is 0 Å². The Labute approximate surface area is 110 Å². The van der Waals surface area contributed by atoms with Crippen molar-refractivity contribution in [2.45, 2.75) is 25.7 Å². The Balaban J connectivity index is 1.72. The molecule has 1 fully saturated rings. The van der Waals surface area contributed by atoms with Crippen LogP contribution in [0.25, 0.3) is 0 Å². The fourth-order valence-electron chi connectivity index (χ4n) is 2.64. The smallest absolute Gasteiger partial charge is 0.0235 e. The largest absolute Gasteiger partial charge is 0.303 e. The average Bonchev–Trinajstić information content (AvgIpc) is 2.39. The Morgan fingerprint density at radius 2 is 1.82 bits per heavy atom. The third-order valence-electron chi connectivity index (χ3n) is 3.68. The standard InChI is InChI=1S/C15H22ClN/c16-9-4-10-17-11-7-15(8-12-17)13-14-5-2-1-3-6-14/h1-3,5-6,15H,4,7-13H2. The SMILES string of the molecule is ClCCCN1CCC(Cc2ccccc2)CC1. The van der Waals surface area contributed by atoms with Gasteiger partial charge in [0.05, 0.1) is 0 Å². The summed E-state index contributed by atoms with van der Waals surface area (Å²) >= 11 is 5.73. The maximum Gasteiger partial charge on any atom is 0.0235 e. The van der Waals surface area contributed by atoms with Crippen molar-refractivity contribution in [2.75, 3.05) is 25.5 Å². The Kier molecular flexibility index (Phi) is 5.34. The number of alkyl halides is 1. The lowest BCUT2D eigenvalue weighted by Gasteiger charge is -2.31. The van der Waals surface area contributed by atoms with E-state index in [-0.39, 0.29) is 0 Å². The van der Waals surface area contributed by atoms with Gasteiger partial charge in [0, 0.05) is 5.88 Å². The Hall–Kier alpha value is -0.530. The predicted octanol–water partition coefficient (Wildman–Crippen LogP) is 3.57. The van der Waals surface area contributed by atoms with Gasteiger partial charge in [0.1, 0.15) is 0 Å². The van der Waals surface area contributed by atoms with Crippen LogP contribution in [-0.4, -0.2) is 30.4 Å². The van der Waals surface area contributed by atoms with Crippen LogP contribution in [0.3, 0.4) is 0 Å². The molecule has 1 aliphatic heterocycles. The topological polar surface area (TPSA) is 3.24 Å². The molecule has 94 valence electrons. The molecule has 0 N–H and O–H groups in total. The first-order valence-corrected chi connectivity index (χ1v) is 7.24. The van der Waals surface area contributed by atoms with Gasteiger partial charge in [0.25, 0.3) is 0 Å². The van der Waals surface area contributed by atoms with E-state index in [1.807, 2.05) is 0 Å². The lowest BCUT2D eigenvalue weighted by molar-refractivity contribution is 0.184. The fraction of sp³-hybridized carbons (Fsp3) is 0.600. The molecule has 1 saturated heterocycles. The summed E-state index contributed by atoms with van der Waals surface area (Å²) < 4.78 is 0. The van der Waals surface area contributed by atoms with Gasteiger partial charge in [-0.15, -0.1) is 11.6 Å². The third kappa shape index (κ3) is 4.33. The van der Waals surface area contributed by atoms with E-state index in [2.05, 4.69) is 35.2 Å². The lowest BCUT2D eigenvalue weighted by atomic mass is 9.90. The molecule has 1 aromatic carbocycles. The van der Waals surface area contributed by atoms with Crippen molar-refractivity contribution in [2.24, 2.45) is 5.92 Å². The first kappa shape index (κ1) is 12.9. The molecule has 0 bridgehead atoms. The van der Waals surface area contributed by atoms with Gasteiger partial charge in [-0.2, -0.15) is 0 Å². The summed E-state index contributed by atoms with van der Waals surface area (Å²) in [7, 11) is 0. The zero-order valence-corrected chi connectivity index (χ0v) is 11.2.